The summed E-state index contributed by atoms with van der Waals surface area (Å²) < 4.78 is 0. The predicted octanol–water partition coefficient (Wildman–Crippen LogP) is 0.645. The van der Waals surface area contributed by atoms with Crippen LogP contribution in [-0.4, -0.2) is 53.6 Å². The van der Waals surface area contributed by atoms with Gasteiger partial charge in [0.25, 0.3) is 0 Å². The van der Waals surface area contributed by atoms with E-state index in [1.165, 1.54) is 45.3 Å². The zero-order valence-electron chi connectivity index (χ0n) is 9.73. The molecule has 0 amide bonds. The van der Waals surface area contributed by atoms with Crippen molar-refractivity contribution < 1.29 is 0 Å². The second kappa shape index (κ2) is 3.72. The van der Waals surface area contributed by atoms with Crippen molar-refractivity contribution in [1.82, 2.24) is 9.80 Å². The van der Waals surface area contributed by atoms with E-state index in [2.05, 4.69) is 16.7 Å². The SMILES string of the molecule is CC1CN2CCCC2CN1C1CC(N)C1. The van der Waals surface area contributed by atoms with Gasteiger partial charge < -0.3 is 5.73 Å². The van der Waals surface area contributed by atoms with Gasteiger partial charge in [0, 0.05) is 37.3 Å². The lowest BCUT2D eigenvalue weighted by Gasteiger charge is -2.50. The fourth-order valence-electron chi connectivity index (χ4n) is 3.62. The van der Waals surface area contributed by atoms with E-state index < -0.39 is 0 Å². The molecule has 0 aromatic carbocycles. The molecule has 0 aromatic rings. The minimum atomic E-state index is 0.490. The van der Waals surface area contributed by atoms with Gasteiger partial charge in [0.05, 0.1) is 0 Å². The Hall–Kier alpha value is -0.120. The van der Waals surface area contributed by atoms with Crippen LogP contribution in [0.2, 0.25) is 0 Å². The van der Waals surface area contributed by atoms with Gasteiger partial charge >= 0.3 is 0 Å². The molecular formula is C12H23N3. The summed E-state index contributed by atoms with van der Waals surface area (Å²) in [7, 11) is 0. The first-order chi connectivity index (χ1) is 7.24. The summed E-state index contributed by atoms with van der Waals surface area (Å²) in [6, 6.07) is 2.90. The average molecular weight is 209 g/mol. The normalized spacial score (nSPS) is 47.6. The Kier molecular flexibility index (Phi) is 2.49. The number of hydrogen-bond donors (Lipinski definition) is 1. The predicted molar refractivity (Wildman–Crippen MR) is 61.8 cm³/mol. The van der Waals surface area contributed by atoms with Crippen molar-refractivity contribution in [3.05, 3.63) is 0 Å². The van der Waals surface area contributed by atoms with E-state index in [1.54, 1.807) is 0 Å². The molecule has 0 bridgehead atoms. The molecule has 0 aromatic heterocycles. The van der Waals surface area contributed by atoms with Gasteiger partial charge in [-0.05, 0) is 39.2 Å². The first-order valence-corrected chi connectivity index (χ1v) is 6.49. The lowest BCUT2D eigenvalue weighted by molar-refractivity contribution is -0.00358. The third kappa shape index (κ3) is 1.71. The first-order valence-electron chi connectivity index (χ1n) is 6.49. The van der Waals surface area contributed by atoms with Crippen LogP contribution in [0.15, 0.2) is 0 Å². The standard InChI is InChI=1S/C12H23N3/c1-9-7-14-4-2-3-11(14)8-15(9)12-5-10(13)6-12/h9-12H,2-8,13H2,1H3. The van der Waals surface area contributed by atoms with E-state index in [4.69, 9.17) is 5.73 Å². The zero-order valence-corrected chi connectivity index (χ0v) is 9.73. The Labute approximate surface area is 92.6 Å². The highest BCUT2D eigenvalue weighted by atomic mass is 15.3. The molecule has 1 saturated carbocycles. The Bertz CT molecular complexity index is 237. The lowest BCUT2D eigenvalue weighted by atomic mass is 9.84. The Morgan fingerprint density at radius 3 is 2.67 bits per heavy atom. The molecule has 0 radical (unpaired) electrons. The quantitative estimate of drug-likeness (QED) is 0.688. The molecule has 3 rings (SSSR count). The molecule has 2 saturated heterocycles. The summed E-state index contributed by atoms with van der Waals surface area (Å²) in [6.07, 6.45) is 5.30. The molecule has 1 aliphatic carbocycles. The van der Waals surface area contributed by atoms with E-state index in [9.17, 15) is 0 Å². The van der Waals surface area contributed by atoms with Gasteiger partial charge in [-0.1, -0.05) is 0 Å². The van der Waals surface area contributed by atoms with Crippen LogP contribution in [0.5, 0.6) is 0 Å². The van der Waals surface area contributed by atoms with Crippen molar-refractivity contribution in [2.24, 2.45) is 5.73 Å². The maximum absolute atomic E-state index is 5.89. The maximum atomic E-state index is 5.89. The van der Waals surface area contributed by atoms with Crippen LogP contribution in [0.25, 0.3) is 0 Å². The van der Waals surface area contributed by atoms with Gasteiger partial charge in [-0.2, -0.15) is 0 Å². The lowest BCUT2D eigenvalue weighted by Crippen LogP contribution is -2.62. The largest absolute Gasteiger partial charge is 0.328 e. The minimum Gasteiger partial charge on any atom is -0.328 e. The monoisotopic (exact) mass is 209 g/mol. The van der Waals surface area contributed by atoms with E-state index >= 15 is 0 Å². The van der Waals surface area contributed by atoms with Gasteiger partial charge in [0.1, 0.15) is 0 Å². The summed E-state index contributed by atoms with van der Waals surface area (Å²) in [6.45, 7) is 6.32. The van der Waals surface area contributed by atoms with E-state index in [1.807, 2.05) is 0 Å². The number of hydrogen-bond acceptors (Lipinski definition) is 3. The van der Waals surface area contributed by atoms with Crippen molar-refractivity contribution >= 4 is 0 Å². The van der Waals surface area contributed by atoms with Crippen LogP contribution in [0.3, 0.4) is 0 Å². The molecule has 86 valence electrons. The van der Waals surface area contributed by atoms with Gasteiger partial charge in [-0.25, -0.2) is 0 Å². The van der Waals surface area contributed by atoms with E-state index in [0.29, 0.717) is 6.04 Å². The molecule has 2 aliphatic heterocycles. The third-order valence-corrected chi connectivity index (χ3v) is 4.60. The number of fused-ring (bicyclic) bond motifs is 1. The zero-order chi connectivity index (χ0) is 10.4. The second-order valence-corrected chi connectivity index (χ2v) is 5.72. The van der Waals surface area contributed by atoms with Crippen LogP contribution >= 0.6 is 0 Å². The van der Waals surface area contributed by atoms with Crippen LogP contribution < -0.4 is 5.73 Å². The van der Waals surface area contributed by atoms with Crippen LogP contribution in [0, 0.1) is 0 Å². The molecule has 3 aliphatic rings. The van der Waals surface area contributed by atoms with Gasteiger partial charge in [-0.15, -0.1) is 0 Å². The highest BCUT2D eigenvalue weighted by Crippen LogP contribution is 2.31. The van der Waals surface area contributed by atoms with Crippen molar-refractivity contribution in [2.45, 2.75) is 56.8 Å². The second-order valence-electron chi connectivity index (χ2n) is 5.72. The fraction of sp³-hybridized carbons (Fsp3) is 1.00. The van der Waals surface area contributed by atoms with Crippen LogP contribution in [0.1, 0.15) is 32.6 Å². The molecule has 0 spiro atoms. The summed E-state index contributed by atoms with van der Waals surface area (Å²) in [5.41, 5.74) is 5.89. The van der Waals surface area contributed by atoms with E-state index in [0.717, 1.165) is 18.1 Å². The number of nitrogens with zero attached hydrogens (tertiary/aromatic N) is 2. The number of rotatable bonds is 1. The maximum Gasteiger partial charge on any atom is 0.0224 e. The van der Waals surface area contributed by atoms with Gasteiger partial charge in [-0.3, -0.25) is 9.80 Å². The van der Waals surface area contributed by atoms with Crippen molar-refractivity contribution in [1.29, 1.82) is 0 Å². The minimum absolute atomic E-state index is 0.490. The average Bonchev–Trinajstić information content (AvgIpc) is 2.59. The Morgan fingerprint density at radius 1 is 1.13 bits per heavy atom. The highest BCUT2D eigenvalue weighted by Gasteiger charge is 2.40. The van der Waals surface area contributed by atoms with Crippen molar-refractivity contribution in [3.63, 3.8) is 0 Å². The molecule has 3 heteroatoms. The van der Waals surface area contributed by atoms with Crippen molar-refractivity contribution in [2.75, 3.05) is 19.6 Å². The topological polar surface area (TPSA) is 32.5 Å². The summed E-state index contributed by atoms with van der Waals surface area (Å²) in [5, 5.41) is 0. The van der Waals surface area contributed by atoms with Gasteiger partial charge in [0.2, 0.25) is 0 Å². The molecular weight excluding hydrogens is 186 g/mol. The summed E-state index contributed by atoms with van der Waals surface area (Å²) in [5.74, 6) is 0. The summed E-state index contributed by atoms with van der Waals surface area (Å²) in [4.78, 5) is 5.43. The molecule has 2 N–H and O–H groups in total. The molecule has 3 fully saturated rings. The smallest absolute Gasteiger partial charge is 0.0224 e. The Balaban J connectivity index is 1.64. The molecule has 15 heavy (non-hydrogen) atoms. The van der Waals surface area contributed by atoms with Gasteiger partial charge in [0.15, 0.2) is 0 Å². The summed E-state index contributed by atoms with van der Waals surface area (Å²) >= 11 is 0. The van der Waals surface area contributed by atoms with Crippen LogP contribution in [-0.2, 0) is 0 Å². The van der Waals surface area contributed by atoms with Crippen molar-refractivity contribution in [3.8, 4) is 0 Å². The first kappa shape index (κ1) is 10.1. The molecule has 2 unspecified atom stereocenters. The third-order valence-electron chi connectivity index (χ3n) is 4.60. The fourth-order valence-corrected chi connectivity index (χ4v) is 3.62. The van der Waals surface area contributed by atoms with E-state index in [-0.39, 0.29) is 0 Å². The van der Waals surface area contributed by atoms with Crippen LogP contribution in [0.4, 0.5) is 0 Å². The number of piperazine rings is 1. The Morgan fingerprint density at radius 2 is 1.93 bits per heavy atom. The highest BCUT2D eigenvalue weighted by molar-refractivity contribution is 4.98. The molecule has 3 nitrogen and oxygen atoms in total. The molecule has 2 atom stereocenters. The molecule has 2 heterocycles. The number of nitrogens with two attached hydrogens (primary N) is 1.